The van der Waals surface area contributed by atoms with Gasteiger partial charge in [0.05, 0.1) is 11.1 Å². The maximum Gasteiger partial charge on any atom is 0.243 e. The lowest BCUT2D eigenvalue weighted by Gasteiger charge is -2.30. The Kier molecular flexibility index (Phi) is 5.85. The molecular formula is C18H21N3O3S2. The molecule has 1 aromatic carbocycles. The van der Waals surface area contributed by atoms with Crippen LogP contribution in [0.4, 0.5) is 0 Å². The quantitative estimate of drug-likeness (QED) is 0.629. The molecule has 1 aliphatic heterocycles. The van der Waals surface area contributed by atoms with E-state index in [-0.39, 0.29) is 11.8 Å². The highest BCUT2D eigenvalue weighted by molar-refractivity contribution is 7.89. The van der Waals surface area contributed by atoms with Crippen molar-refractivity contribution in [3.63, 3.8) is 0 Å². The average Bonchev–Trinajstić information content (AvgIpc) is 3.15. The second-order valence-corrected chi connectivity index (χ2v) is 9.16. The van der Waals surface area contributed by atoms with E-state index in [2.05, 4.69) is 10.5 Å². The Morgan fingerprint density at radius 1 is 1.23 bits per heavy atom. The largest absolute Gasteiger partial charge is 0.273 e. The van der Waals surface area contributed by atoms with Crippen LogP contribution in [0.1, 0.15) is 23.3 Å². The summed E-state index contributed by atoms with van der Waals surface area (Å²) in [6, 6.07) is 10.7. The Balaban J connectivity index is 1.55. The van der Waals surface area contributed by atoms with Crippen molar-refractivity contribution in [3.8, 4) is 0 Å². The van der Waals surface area contributed by atoms with Gasteiger partial charge < -0.3 is 0 Å². The summed E-state index contributed by atoms with van der Waals surface area (Å²) in [5.41, 5.74) is 3.57. The third-order valence-corrected chi connectivity index (χ3v) is 7.11. The summed E-state index contributed by atoms with van der Waals surface area (Å²) in [6.07, 6.45) is 2.59. The van der Waals surface area contributed by atoms with Crippen LogP contribution >= 0.6 is 11.3 Å². The van der Waals surface area contributed by atoms with Crippen LogP contribution in [0, 0.1) is 12.8 Å². The fourth-order valence-electron chi connectivity index (χ4n) is 2.83. The topological polar surface area (TPSA) is 78.8 Å². The number of benzene rings is 1. The number of nitrogens with zero attached hydrogens (tertiary/aromatic N) is 2. The zero-order valence-corrected chi connectivity index (χ0v) is 16.1. The molecule has 1 amide bonds. The fraction of sp³-hybridized carbons (Fsp3) is 0.333. The lowest BCUT2D eigenvalue weighted by Crippen LogP contribution is -2.42. The molecule has 0 atom stereocenters. The first-order chi connectivity index (χ1) is 12.5. The van der Waals surface area contributed by atoms with Gasteiger partial charge in [-0.3, -0.25) is 4.79 Å². The van der Waals surface area contributed by atoms with Crippen molar-refractivity contribution in [1.29, 1.82) is 0 Å². The normalized spacial score (nSPS) is 16.8. The molecule has 8 heteroatoms. The van der Waals surface area contributed by atoms with Gasteiger partial charge in [0.2, 0.25) is 15.9 Å². The number of carbonyl (C=O) groups is 1. The van der Waals surface area contributed by atoms with E-state index in [1.807, 2.05) is 24.4 Å². The second-order valence-electron chi connectivity index (χ2n) is 6.24. The van der Waals surface area contributed by atoms with Gasteiger partial charge in [0.25, 0.3) is 0 Å². The first kappa shape index (κ1) is 18.8. The third kappa shape index (κ3) is 4.38. The van der Waals surface area contributed by atoms with Crippen LogP contribution in [0.15, 0.2) is 51.8 Å². The maximum absolute atomic E-state index is 12.7. The van der Waals surface area contributed by atoms with Crippen LogP contribution in [0.3, 0.4) is 0 Å². The lowest BCUT2D eigenvalue weighted by molar-refractivity contribution is -0.126. The molecule has 0 bridgehead atoms. The average molecular weight is 392 g/mol. The Hall–Kier alpha value is -2.03. The molecule has 26 heavy (non-hydrogen) atoms. The number of amides is 1. The van der Waals surface area contributed by atoms with Crippen LogP contribution in [0.2, 0.25) is 0 Å². The first-order valence-corrected chi connectivity index (χ1v) is 10.7. The molecule has 1 saturated heterocycles. The highest BCUT2D eigenvalue weighted by atomic mass is 32.2. The second kappa shape index (κ2) is 8.11. The number of carbonyl (C=O) groups excluding carboxylic acids is 1. The number of hydrazone groups is 1. The molecule has 1 aromatic heterocycles. The molecule has 1 N–H and O–H groups in total. The van der Waals surface area contributed by atoms with Crippen LogP contribution in [0.25, 0.3) is 0 Å². The number of rotatable bonds is 5. The minimum atomic E-state index is -3.50. The monoisotopic (exact) mass is 391 g/mol. The van der Waals surface area contributed by atoms with Crippen molar-refractivity contribution in [2.45, 2.75) is 24.7 Å². The van der Waals surface area contributed by atoms with Gasteiger partial charge in [-0.2, -0.15) is 9.41 Å². The molecule has 1 aliphatic rings. The summed E-state index contributed by atoms with van der Waals surface area (Å²) < 4.78 is 26.8. The van der Waals surface area contributed by atoms with Crippen molar-refractivity contribution < 1.29 is 13.2 Å². The Bertz CT molecular complexity index is 867. The highest BCUT2D eigenvalue weighted by Gasteiger charge is 2.31. The van der Waals surface area contributed by atoms with Crippen molar-refractivity contribution in [2.24, 2.45) is 11.0 Å². The van der Waals surface area contributed by atoms with E-state index in [0.29, 0.717) is 30.8 Å². The first-order valence-electron chi connectivity index (χ1n) is 8.40. The summed E-state index contributed by atoms with van der Waals surface area (Å²) in [7, 11) is -3.50. The standard InChI is InChI=1S/C18H21N3O3S2/c1-14-4-6-17(7-5-14)26(23,24)21-10-8-15(9-11-21)18(22)20-19-13-16-3-2-12-25-16/h2-7,12-13,15H,8-11H2,1H3,(H,20,22). The van der Waals surface area contributed by atoms with Crippen molar-refractivity contribution in [3.05, 3.63) is 52.2 Å². The predicted molar refractivity (Wildman–Crippen MR) is 103 cm³/mol. The number of aryl methyl sites for hydroxylation is 1. The van der Waals surface area contributed by atoms with E-state index in [9.17, 15) is 13.2 Å². The van der Waals surface area contributed by atoms with Crippen molar-refractivity contribution in [1.82, 2.24) is 9.73 Å². The Morgan fingerprint density at radius 2 is 1.92 bits per heavy atom. The maximum atomic E-state index is 12.7. The van der Waals surface area contributed by atoms with E-state index in [4.69, 9.17) is 0 Å². The van der Waals surface area contributed by atoms with Gasteiger partial charge in [-0.25, -0.2) is 13.8 Å². The minimum absolute atomic E-state index is 0.162. The molecule has 3 rings (SSSR count). The Morgan fingerprint density at radius 3 is 2.54 bits per heavy atom. The number of thiophene rings is 1. The SMILES string of the molecule is Cc1ccc(S(=O)(=O)N2CCC(C(=O)NN=Cc3cccs3)CC2)cc1. The van der Waals surface area contributed by atoms with E-state index < -0.39 is 10.0 Å². The number of hydrogen-bond acceptors (Lipinski definition) is 5. The number of sulfonamides is 1. The van der Waals surface area contributed by atoms with Gasteiger partial charge in [0.15, 0.2) is 0 Å². The van der Waals surface area contributed by atoms with Gasteiger partial charge in [0, 0.05) is 23.9 Å². The fourth-order valence-corrected chi connectivity index (χ4v) is 4.89. The van der Waals surface area contributed by atoms with Gasteiger partial charge in [-0.1, -0.05) is 23.8 Å². The van der Waals surface area contributed by atoms with Crippen molar-refractivity contribution >= 4 is 33.5 Å². The molecule has 0 radical (unpaired) electrons. The molecule has 0 saturated carbocycles. The van der Waals surface area contributed by atoms with Crippen LogP contribution in [0.5, 0.6) is 0 Å². The van der Waals surface area contributed by atoms with Gasteiger partial charge in [0.1, 0.15) is 0 Å². The van der Waals surface area contributed by atoms with Crippen LogP contribution in [-0.4, -0.2) is 37.9 Å². The molecule has 1 fully saturated rings. The molecule has 0 spiro atoms. The van der Waals surface area contributed by atoms with E-state index >= 15 is 0 Å². The lowest BCUT2D eigenvalue weighted by atomic mass is 9.98. The van der Waals surface area contributed by atoms with E-state index in [1.54, 1.807) is 30.5 Å². The van der Waals surface area contributed by atoms with E-state index in [1.165, 1.54) is 15.6 Å². The zero-order chi connectivity index (χ0) is 18.6. The highest BCUT2D eigenvalue weighted by Crippen LogP contribution is 2.24. The summed E-state index contributed by atoms with van der Waals surface area (Å²) >= 11 is 1.54. The Labute approximate surface area is 157 Å². The summed E-state index contributed by atoms with van der Waals surface area (Å²) in [5, 5.41) is 5.90. The van der Waals surface area contributed by atoms with Gasteiger partial charge >= 0.3 is 0 Å². The molecule has 0 aliphatic carbocycles. The number of nitrogens with one attached hydrogen (secondary N) is 1. The number of hydrogen-bond donors (Lipinski definition) is 1. The summed E-state index contributed by atoms with van der Waals surface area (Å²) in [5.74, 6) is -0.384. The summed E-state index contributed by atoms with van der Waals surface area (Å²) in [4.78, 5) is 13.5. The molecular weight excluding hydrogens is 370 g/mol. The van der Waals surface area contributed by atoms with Gasteiger partial charge in [-0.05, 0) is 43.3 Å². The smallest absolute Gasteiger partial charge is 0.243 e. The zero-order valence-electron chi connectivity index (χ0n) is 14.5. The van der Waals surface area contributed by atoms with Crippen LogP contribution in [-0.2, 0) is 14.8 Å². The molecule has 0 unspecified atom stereocenters. The molecule has 6 nitrogen and oxygen atoms in total. The van der Waals surface area contributed by atoms with Gasteiger partial charge in [-0.15, -0.1) is 11.3 Å². The third-order valence-electron chi connectivity index (χ3n) is 4.39. The van der Waals surface area contributed by atoms with Crippen LogP contribution < -0.4 is 5.43 Å². The predicted octanol–water partition coefficient (Wildman–Crippen LogP) is 2.61. The molecule has 138 valence electrons. The van der Waals surface area contributed by atoms with E-state index in [0.717, 1.165) is 10.4 Å². The van der Waals surface area contributed by atoms with Crippen molar-refractivity contribution in [2.75, 3.05) is 13.1 Å². The summed E-state index contributed by atoms with van der Waals surface area (Å²) in [6.45, 7) is 2.59. The molecule has 2 heterocycles. The number of piperidine rings is 1. The minimum Gasteiger partial charge on any atom is -0.273 e. The molecule has 2 aromatic rings.